The van der Waals surface area contributed by atoms with Crippen molar-refractivity contribution in [3.05, 3.63) is 58.4 Å². The molecule has 0 saturated carbocycles. The fraction of sp³-hybridized carbons (Fsp3) is 0.481. The van der Waals surface area contributed by atoms with E-state index in [4.69, 9.17) is 0 Å². The molecule has 4 rings (SSSR count). The van der Waals surface area contributed by atoms with E-state index in [-0.39, 0.29) is 0 Å². The summed E-state index contributed by atoms with van der Waals surface area (Å²) in [7, 11) is 1.74. The molecule has 172 valence electrons. The highest BCUT2D eigenvalue weighted by molar-refractivity contribution is 5.71. The molecule has 2 saturated heterocycles. The lowest BCUT2D eigenvalue weighted by atomic mass is 9.98. The molecule has 3 aliphatic rings. The summed E-state index contributed by atoms with van der Waals surface area (Å²) >= 11 is 0. The maximum Gasteiger partial charge on any atom is 0.166 e. The first-order chi connectivity index (χ1) is 15.4. The first-order valence-corrected chi connectivity index (χ1v) is 11.5. The van der Waals surface area contributed by atoms with E-state index in [1.165, 1.54) is 37.0 Å². The molecule has 3 nitrogen and oxygen atoms in total. The molecule has 1 aromatic rings. The highest BCUT2D eigenvalue weighted by Gasteiger charge is 2.37. The summed E-state index contributed by atoms with van der Waals surface area (Å²) in [6.45, 7) is 6.85. The highest BCUT2D eigenvalue weighted by atomic mass is 19.2. The van der Waals surface area contributed by atoms with E-state index >= 15 is 0 Å². The molecule has 32 heavy (non-hydrogen) atoms. The van der Waals surface area contributed by atoms with E-state index in [0.717, 1.165) is 18.5 Å². The van der Waals surface area contributed by atoms with Gasteiger partial charge in [0.15, 0.2) is 11.6 Å². The zero-order valence-electron chi connectivity index (χ0n) is 19.6. The second-order valence-corrected chi connectivity index (χ2v) is 9.05. The fourth-order valence-corrected chi connectivity index (χ4v) is 5.48. The van der Waals surface area contributed by atoms with Crippen LogP contribution >= 0.6 is 0 Å². The van der Waals surface area contributed by atoms with Crippen LogP contribution < -0.4 is 10.6 Å². The molecule has 0 aliphatic carbocycles. The van der Waals surface area contributed by atoms with Crippen LogP contribution in [0.25, 0.3) is 11.1 Å². The van der Waals surface area contributed by atoms with Crippen molar-refractivity contribution in [2.75, 3.05) is 13.6 Å². The Bertz CT molecular complexity index is 945. The monoisotopic (exact) mass is 439 g/mol. The van der Waals surface area contributed by atoms with Crippen LogP contribution in [0.3, 0.4) is 0 Å². The third-order valence-corrected chi connectivity index (χ3v) is 7.09. The summed E-state index contributed by atoms with van der Waals surface area (Å²) in [6, 6.07) is 5.30. The number of hydrogen-bond donors (Lipinski definition) is 2. The standard InChI is InChI=1S/C25H33F2N3.C2H2/c1-15(22-7-8-23(16(2)14-28-4)25(27)24(22)26)11-18-9-10-30(17(18)3)21-12-19-5-6-20(13-21)29-19;1-2/h7-8,11,14,19-21,28-29H,5-6,9-10,12-13H2,1-4H3;1-2H/b15-11+,16-14+;. The van der Waals surface area contributed by atoms with Crippen LogP contribution in [0, 0.1) is 24.5 Å². The predicted octanol–water partition coefficient (Wildman–Crippen LogP) is 5.46. The van der Waals surface area contributed by atoms with Crippen molar-refractivity contribution in [2.24, 2.45) is 0 Å². The van der Waals surface area contributed by atoms with E-state index in [2.05, 4.69) is 41.4 Å². The molecular weight excluding hydrogens is 404 g/mol. The molecule has 2 atom stereocenters. The van der Waals surface area contributed by atoms with Crippen LogP contribution in [-0.2, 0) is 0 Å². The Morgan fingerprint density at radius 2 is 1.62 bits per heavy atom. The Hall–Kier alpha value is -2.58. The van der Waals surface area contributed by atoms with Gasteiger partial charge in [0.2, 0.25) is 0 Å². The van der Waals surface area contributed by atoms with E-state index < -0.39 is 11.6 Å². The lowest BCUT2D eigenvalue weighted by Crippen LogP contribution is -2.47. The molecule has 3 heterocycles. The molecule has 0 aromatic heterocycles. The van der Waals surface area contributed by atoms with Gasteiger partial charge in [-0.3, -0.25) is 0 Å². The molecule has 3 aliphatic heterocycles. The van der Waals surface area contributed by atoms with E-state index in [1.54, 1.807) is 32.3 Å². The summed E-state index contributed by atoms with van der Waals surface area (Å²) < 4.78 is 29.5. The van der Waals surface area contributed by atoms with Crippen molar-refractivity contribution in [2.45, 2.75) is 71.0 Å². The van der Waals surface area contributed by atoms with Gasteiger partial charge >= 0.3 is 0 Å². The third-order valence-electron chi connectivity index (χ3n) is 7.09. The molecule has 2 unspecified atom stereocenters. The number of allylic oxidation sites excluding steroid dienone is 4. The number of rotatable bonds is 5. The zero-order chi connectivity index (χ0) is 23.4. The summed E-state index contributed by atoms with van der Waals surface area (Å²) in [5.41, 5.74) is 4.62. The van der Waals surface area contributed by atoms with Gasteiger partial charge in [-0.15, -0.1) is 12.8 Å². The summed E-state index contributed by atoms with van der Waals surface area (Å²) in [5, 5.41) is 6.58. The first kappa shape index (κ1) is 24.1. The van der Waals surface area contributed by atoms with Gasteiger partial charge in [-0.25, -0.2) is 8.78 Å². The number of nitrogens with one attached hydrogen (secondary N) is 2. The Morgan fingerprint density at radius 1 is 1.06 bits per heavy atom. The molecule has 2 fully saturated rings. The molecule has 0 spiro atoms. The van der Waals surface area contributed by atoms with Gasteiger partial charge in [-0.2, -0.15) is 0 Å². The van der Waals surface area contributed by atoms with Gasteiger partial charge in [0.25, 0.3) is 0 Å². The van der Waals surface area contributed by atoms with Gasteiger partial charge in [0.05, 0.1) is 0 Å². The van der Waals surface area contributed by atoms with Crippen LogP contribution in [0.1, 0.15) is 64.0 Å². The maximum atomic E-state index is 14.8. The summed E-state index contributed by atoms with van der Waals surface area (Å²) in [6.07, 6.45) is 17.7. The minimum Gasteiger partial charge on any atom is -0.394 e. The van der Waals surface area contributed by atoms with E-state index in [1.807, 2.05) is 6.92 Å². The van der Waals surface area contributed by atoms with Crippen LogP contribution in [0.15, 0.2) is 35.7 Å². The number of halogens is 2. The Labute approximate surface area is 191 Å². The van der Waals surface area contributed by atoms with Gasteiger partial charge in [-0.1, -0.05) is 18.2 Å². The van der Waals surface area contributed by atoms with Crippen molar-refractivity contribution in [3.8, 4) is 12.8 Å². The average Bonchev–Trinajstić information content (AvgIpc) is 3.32. The normalized spacial score (nSPS) is 25.6. The quantitative estimate of drug-likeness (QED) is 0.597. The molecule has 0 radical (unpaired) electrons. The molecule has 1 aromatic carbocycles. The minimum atomic E-state index is -0.784. The second kappa shape index (κ2) is 10.4. The first-order valence-electron chi connectivity index (χ1n) is 11.5. The topological polar surface area (TPSA) is 27.3 Å². The van der Waals surface area contributed by atoms with E-state index in [0.29, 0.717) is 34.8 Å². The summed E-state index contributed by atoms with van der Waals surface area (Å²) in [4.78, 5) is 2.55. The average molecular weight is 440 g/mol. The number of nitrogens with zero attached hydrogens (tertiary/aromatic N) is 1. The number of hydrogen-bond acceptors (Lipinski definition) is 3. The van der Waals surface area contributed by atoms with Crippen LogP contribution in [0.5, 0.6) is 0 Å². The van der Waals surface area contributed by atoms with Crippen LogP contribution in [0.4, 0.5) is 8.78 Å². The van der Waals surface area contributed by atoms with Crippen molar-refractivity contribution in [3.63, 3.8) is 0 Å². The molecule has 2 N–H and O–H groups in total. The molecule has 0 amide bonds. The van der Waals surface area contributed by atoms with Gasteiger partial charge in [0, 0.05) is 48.5 Å². The minimum absolute atomic E-state index is 0.293. The number of fused-ring (bicyclic) bond motifs is 2. The zero-order valence-corrected chi connectivity index (χ0v) is 19.6. The third kappa shape index (κ3) is 4.76. The van der Waals surface area contributed by atoms with Crippen LogP contribution in [0.2, 0.25) is 0 Å². The van der Waals surface area contributed by atoms with Crippen molar-refractivity contribution in [1.29, 1.82) is 0 Å². The lowest BCUT2D eigenvalue weighted by Gasteiger charge is -2.37. The van der Waals surface area contributed by atoms with Crippen molar-refractivity contribution in [1.82, 2.24) is 15.5 Å². The molecular formula is C27H35F2N3. The number of terminal acetylenes is 1. The second-order valence-electron chi connectivity index (χ2n) is 9.05. The summed E-state index contributed by atoms with van der Waals surface area (Å²) in [5.74, 6) is -1.55. The number of piperidine rings is 1. The van der Waals surface area contributed by atoms with Crippen LogP contribution in [-0.4, -0.2) is 36.6 Å². The Balaban J connectivity index is 0.00000141. The largest absolute Gasteiger partial charge is 0.394 e. The molecule has 5 heteroatoms. The van der Waals surface area contributed by atoms with Crippen molar-refractivity contribution >= 4 is 11.1 Å². The Morgan fingerprint density at radius 3 is 2.19 bits per heavy atom. The van der Waals surface area contributed by atoms with Gasteiger partial charge < -0.3 is 15.5 Å². The fourth-order valence-electron chi connectivity index (χ4n) is 5.48. The molecule has 2 bridgehead atoms. The van der Waals surface area contributed by atoms with Gasteiger partial charge in [0.1, 0.15) is 0 Å². The van der Waals surface area contributed by atoms with E-state index in [9.17, 15) is 8.78 Å². The SMILES string of the molecule is C#C.CN/C=C(\C)c1ccc(/C(C)=C/C2=C(C)N(C3CC4CCC(C3)N4)CC2)c(F)c1F. The van der Waals surface area contributed by atoms with Gasteiger partial charge in [-0.05, 0) is 75.8 Å². The van der Waals surface area contributed by atoms with Crippen molar-refractivity contribution < 1.29 is 8.78 Å². The Kier molecular flexibility index (Phi) is 7.79. The smallest absolute Gasteiger partial charge is 0.166 e. The highest BCUT2D eigenvalue weighted by Crippen LogP contribution is 2.36. The number of benzene rings is 1. The maximum absolute atomic E-state index is 14.8. The lowest BCUT2D eigenvalue weighted by molar-refractivity contribution is 0.193. The predicted molar refractivity (Wildman–Crippen MR) is 130 cm³/mol.